The Kier molecular flexibility index (Phi) is 2.83. The molecule has 3 fully saturated rings. The van der Waals surface area contributed by atoms with Crippen LogP contribution in [0.5, 0.6) is 0 Å². The number of aromatic nitrogens is 2. The van der Waals surface area contributed by atoms with Crippen LogP contribution < -0.4 is 5.32 Å². The van der Waals surface area contributed by atoms with Crippen molar-refractivity contribution in [1.82, 2.24) is 9.97 Å². The summed E-state index contributed by atoms with van der Waals surface area (Å²) in [5.41, 5.74) is 1.25. The zero-order valence-corrected chi connectivity index (χ0v) is 12.9. The van der Waals surface area contributed by atoms with E-state index >= 15 is 0 Å². The van der Waals surface area contributed by atoms with Crippen LogP contribution in [0.25, 0.3) is 0 Å². The highest BCUT2D eigenvalue weighted by Gasteiger charge is 2.42. The molecule has 0 spiro atoms. The second-order valence-electron chi connectivity index (χ2n) is 6.44. The molecule has 0 saturated heterocycles. The van der Waals surface area contributed by atoms with Gasteiger partial charge in [-0.15, -0.1) is 0 Å². The van der Waals surface area contributed by atoms with Crippen LogP contribution in [0.1, 0.15) is 61.9 Å². The lowest BCUT2D eigenvalue weighted by molar-refractivity contribution is 0.404. The van der Waals surface area contributed by atoms with E-state index in [1.54, 1.807) is 0 Å². The van der Waals surface area contributed by atoms with Crippen molar-refractivity contribution in [1.29, 1.82) is 0 Å². The summed E-state index contributed by atoms with van der Waals surface area (Å²) in [6, 6.07) is 0. The molecule has 3 saturated carbocycles. The number of nitrogens with zero attached hydrogens (tertiary/aromatic N) is 2. The average Bonchev–Trinajstić information content (AvgIpc) is 3.05. The maximum absolute atomic E-state index is 4.95. The summed E-state index contributed by atoms with van der Waals surface area (Å²) in [5, 5.41) is 3.23. The first-order valence-electron chi connectivity index (χ1n) is 7.51. The Balaban J connectivity index is 1.73. The van der Waals surface area contributed by atoms with Gasteiger partial charge in [0.05, 0.1) is 10.2 Å². The second kappa shape index (κ2) is 4.44. The third-order valence-electron chi connectivity index (χ3n) is 5.16. The fourth-order valence-corrected chi connectivity index (χ4v) is 4.70. The number of halogens is 1. The quantitative estimate of drug-likeness (QED) is 0.912. The molecule has 3 aliphatic carbocycles. The molecule has 102 valence electrons. The van der Waals surface area contributed by atoms with E-state index in [1.165, 1.54) is 44.2 Å². The predicted octanol–water partition coefficient (Wildman–Crippen LogP) is 4.06. The van der Waals surface area contributed by atoms with Gasteiger partial charge in [-0.3, -0.25) is 0 Å². The van der Waals surface area contributed by atoms with Gasteiger partial charge in [0.25, 0.3) is 0 Å². The maximum Gasteiger partial charge on any atom is 0.144 e. The number of hydrogen-bond acceptors (Lipinski definition) is 3. The minimum absolute atomic E-state index is 0.622. The summed E-state index contributed by atoms with van der Waals surface area (Å²) in [5.74, 6) is 5.18. The molecule has 0 radical (unpaired) electrons. The van der Waals surface area contributed by atoms with Gasteiger partial charge in [-0.25, -0.2) is 9.97 Å². The average molecular weight is 322 g/mol. The Labute approximate surface area is 122 Å². The van der Waals surface area contributed by atoms with Gasteiger partial charge in [0.15, 0.2) is 0 Å². The van der Waals surface area contributed by atoms with Crippen molar-refractivity contribution in [3.05, 3.63) is 16.0 Å². The van der Waals surface area contributed by atoms with Gasteiger partial charge in [-0.1, -0.05) is 6.42 Å². The SMILES string of the molecule is CNc1nc(C2CC3CCC2C3)nc(C2CC2)c1Br. The van der Waals surface area contributed by atoms with E-state index < -0.39 is 0 Å². The molecule has 1 N–H and O–H groups in total. The van der Waals surface area contributed by atoms with Crippen LogP contribution in [0.15, 0.2) is 4.47 Å². The second-order valence-corrected chi connectivity index (χ2v) is 7.23. The van der Waals surface area contributed by atoms with E-state index in [1.807, 2.05) is 7.05 Å². The third-order valence-corrected chi connectivity index (χ3v) is 5.95. The molecule has 3 unspecified atom stereocenters. The van der Waals surface area contributed by atoms with Crippen molar-refractivity contribution in [3.63, 3.8) is 0 Å². The van der Waals surface area contributed by atoms with E-state index in [0.29, 0.717) is 11.8 Å². The predicted molar refractivity (Wildman–Crippen MR) is 79.4 cm³/mol. The van der Waals surface area contributed by atoms with Crippen molar-refractivity contribution < 1.29 is 0 Å². The van der Waals surface area contributed by atoms with Gasteiger partial charge in [0.2, 0.25) is 0 Å². The fourth-order valence-electron chi connectivity index (χ4n) is 4.00. The van der Waals surface area contributed by atoms with Gasteiger partial charge in [-0.2, -0.15) is 0 Å². The third kappa shape index (κ3) is 1.99. The monoisotopic (exact) mass is 321 g/mol. The lowest BCUT2D eigenvalue weighted by atomic mass is 9.88. The number of anilines is 1. The molecule has 3 aliphatic rings. The summed E-state index contributed by atoms with van der Waals surface area (Å²) in [6.07, 6.45) is 8.13. The van der Waals surface area contributed by atoms with Gasteiger partial charge in [-0.05, 0) is 59.9 Å². The summed E-state index contributed by atoms with van der Waals surface area (Å²) >= 11 is 3.68. The van der Waals surface area contributed by atoms with E-state index in [4.69, 9.17) is 9.97 Å². The molecule has 19 heavy (non-hydrogen) atoms. The molecule has 1 aromatic rings. The topological polar surface area (TPSA) is 37.8 Å². The van der Waals surface area contributed by atoms with Crippen LogP contribution in [0.4, 0.5) is 5.82 Å². The van der Waals surface area contributed by atoms with E-state index in [9.17, 15) is 0 Å². The smallest absolute Gasteiger partial charge is 0.144 e. The van der Waals surface area contributed by atoms with Crippen LogP contribution in [0.3, 0.4) is 0 Å². The van der Waals surface area contributed by atoms with Gasteiger partial charge in [0.1, 0.15) is 11.6 Å². The van der Waals surface area contributed by atoms with Crippen molar-refractivity contribution in [3.8, 4) is 0 Å². The molecule has 3 nitrogen and oxygen atoms in total. The summed E-state index contributed by atoms with van der Waals surface area (Å²) in [7, 11) is 1.95. The Hall–Kier alpha value is -0.640. The number of hydrogen-bond donors (Lipinski definition) is 1. The highest BCUT2D eigenvalue weighted by molar-refractivity contribution is 9.10. The minimum Gasteiger partial charge on any atom is -0.372 e. The summed E-state index contributed by atoms with van der Waals surface area (Å²) < 4.78 is 1.09. The molecule has 1 heterocycles. The zero-order chi connectivity index (χ0) is 13.0. The first kappa shape index (κ1) is 12.1. The van der Waals surface area contributed by atoms with Gasteiger partial charge < -0.3 is 5.32 Å². The highest BCUT2D eigenvalue weighted by Crippen LogP contribution is 2.53. The molecule has 3 atom stereocenters. The van der Waals surface area contributed by atoms with Crippen LogP contribution in [0, 0.1) is 11.8 Å². The van der Waals surface area contributed by atoms with Crippen LogP contribution in [-0.2, 0) is 0 Å². The lowest BCUT2D eigenvalue weighted by Crippen LogP contribution is -2.14. The van der Waals surface area contributed by atoms with Crippen molar-refractivity contribution in [2.75, 3.05) is 12.4 Å². The number of fused-ring (bicyclic) bond motifs is 2. The molecule has 0 aliphatic heterocycles. The van der Waals surface area contributed by atoms with Crippen LogP contribution in [-0.4, -0.2) is 17.0 Å². The van der Waals surface area contributed by atoms with Crippen molar-refractivity contribution >= 4 is 21.7 Å². The Morgan fingerprint density at radius 1 is 1.11 bits per heavy atom. The van der Waals surface area contributed by atoms with Crippen molar-refractivity contribution in [2.45, 2.75) is 50.4 Å². The largest absolute Gasteiger partial charge is 0.372 e. The van der Waals surface area contributed by atoms with Gasteiger partial charge >= 0.3 is 0 Å². The molecule has 4 rings (SSSR count). The summed E-state index contributed by atoms with van der Waals surface area (Å²) in [4.78, 5) is 9.74. The van der Waals surface area contributed by atoms with Gasteiger partial charge in [0, 0.05) is 18.9 Å². The molecule has 0 aromatic carbocycles. The van der Waals surface area contributed by atoms with E-state index in [-0.39, 0.29) is 0 Å². The maximum atomic E-state index is 4.95. The summed E-state index contributed by atoms with van der Waals surface area (Å²) in [6.45, 7) is 0. The van der Waals surface area contributed by atoms with Crippen molar-refractivity contribution in [2.24, 2.45) is 11.8 Å². The lowest BCUT2D eigenvalue weighted by Gasteiger charge is -2.22. The normalized spacial score (nSPS) is 32.8. The number of nitrogens with one attached hydrogen (secondary N) is 1. The Bertz CT molecular complexity index is 512. The molecular weight excluding hydrogens is 302 g/mol. The van der Waals surface area contributed by atoms with E-state index in [0.717, 1.165) is 28.0 Å². The molecule has 2 bridgehead atoms. The first-order chi connectivity index (χ1) is 9.26. The molecular formula is C15H20BrN3. The minimum atomic E-state index is 0.622. The fraction of sp³-hybridized carbons (Fsp3) is 0.733. The molecule has 0 amide bonds. The molecule has 1 aromatic heterocycles. The first-order valence-corrected chi connectivity index (χ1v) is 8.30. The highest BCUT2D eigenvalue weighted by atomic mass is 79.9. The Morgan fingerprint density at radius 3 is 2.53 bits per heavy atom. The standard InChI is InChI=1S/C15H20BrN3/c1-17-15-12(16)13(9-4-5-9)18-14(19-15)11-7-8-2-3-10(11)6-8/h8-11H,2-7H2,1H3,(H,17,18,19). The molecule has 4 heteroatoms. The number of rotatable bonds is 3. The van der Waals surface area contributed by atoms with E-state index in [2.05, 4.69) is 21.2 Å². The van der Waals surface area contributed by atoms with Crippen LogP contribution in [0.2, 0.25) is 0 Å². The van der Waals surface area contributed by atoms with Crippen LogP contribution >= 0.6 is 15.9 Å². The Morgan fingerprint density at radius 2 is 1.95 bits per heavy atom. The zero-order valence-electron chi connectivity index (χ0n) is 11.3.